The maximum atomic E-state index is 9.76. The molecule has 0 radical (unpaired) electrons. The Hall–Kier alpha value is -4.12. The van der Waals surface area contributed by atoms with Crippen molar-refractivity contribution in [2.75, 3.05) is 4.90 Å². The topological polar surface area (TPSA) is 43.7 Å². The highest BCUT2D eigenvalue weighted by Gasteiger charge is 2.19. The van der Waals surface area contributed by atoms with Gasteiger partial charge in [0.05, 0.1) is 5.69 Å². The lowest BCUT2D eigenvalue weighted by Crippen LogP contribution is -2.30. The second kappa shape index (κ2) is 9.80. The molecule has 0 bridgehead atoms. The van der Waals surface area contributed by atoms with Gasteiger partial charge in [0.15, 0.2) is 0 Å². The van der Waals surface area contributed by atoms with E-state index in [2.05, 4.69) is 65.6 Å². The van der Waals surface area contributed by atoms with Gasteiger partial charge in [-0.05, 0) is 52.5 Å². The Labute approximate surface area is 200 Å². The van der Waals surface area contributed by atoms with Crippen LogP contribution in [0.2, 0.25) is 0 Å². The highest BCUT2D eigenvalue weighted by Crippen LogP contribution is 2.40. The fraction of sp³-hybridized carbons (Fsp3) is 0. The summed E-state index contributed by atoms with van der Waals surface area (Å²) in [5, 5.41) is 19.5. The van der Waals surface area contributed by atoms with Crippen molar-refractivity contribution < 1.29 is 10.0 Å². The molecule has 0 heterocycles. The Morgan fingerprint density at radius 3 is 1.74 bits per heavy atom. The van der Waals surface area contributed by atoms with Gasteiger partial charge in [-0.15, -0.1) is 0 Å². The predicted octanol–water partition coefficient (Wildman–Crippen LogP) is 6.17. The molecule has 0 aromatic heterocycles. The fourth-order valence-corrected chi connectivity index (χ4v) is 4.21. The smallest absolute Gasteiger partial charge is 0.423 e. The summed E-state index contributed by atoms with van der Waals surface area (Å²) in [7, 11) is -1.53. The number of benzene rings is 5. The summed E-state index contributed by atoms with van der Waals surface area (Å²) >= 11 is 0. The van der Waals surface area contributed by atoms with Crippen molar-refractivity contribution in [3.8, 4) is 22.3 Å². The molecule has 0 saturated carbocycles. The van der Waals surface area contributed by atoms with Crippen molar-refractivity contribution in [2.24, 2.45) is 0 Å². The molecule has 5 aromatic carbocycles. The Morgan fingerprint density at radius 1 is 0.471 bits per heavy atom. The molecule has 0 aliphatic carbocycles. The molecule has 5 rings (SSSR count). The molecule has 0 aliphatic heterocycles. The van der Waals surface area contributed by atoms with Crippen LogP contribution in [-0.2, 0) is 0 Å². The molecule has 164 valence electrons. The average Bonchev–Trinajstić information content (AvgIpc) is 2.91. The van der Waals surface area contributed by atoms with Crippen LogP contribution in [0.5, 0.6) is 0 Å². The van der Waals surface area contributed by atoms with Gasteiger partial charge in [-0.3, -0.25) is 0 Å². The summed E-state index contributed by atoms with van der Waals surface area (Å²) in [5.41, 5.74) is 7.84. The molecule has 2 N–H and O–H groups in total. The van der Waals surface area contributed by atoms with Gasteiger partial charge in [-0.25, -0.2) is 0 Å². The average molecular weight is 441 g/mol. The lowest BCUT2D eigenvalue weighted by atomic mass is 9.80. The van der Waals surface area contributed by atoms with Crippen LogP contribution in [0.25, 0.3) is 22.3 Å². The van der Waals surface area contributed by atoms with Gasteiger partial charge in [0.25, 0.3) is 0 Å². The van der Waals surface area contributed by atoms with Gasteiger partial charge < -0.3 is 14.9 Å². The van der Waals surface area contributed by atoms with Crippen LogP contribution < -0.4 is 10.4 Å². The molecule has 0 atom stereocenters. The summed E-state index contributed by atoms with van der Waals surface area (Å²) in [6.07, 6.45) is 0. The van der Waals surface area contributed by atoms with E-state index in [1.807, 2.05) is 66.7 Å². The minimum atomic E-state index is -1.53. The molecule has 0 fully saturated rings. The van der Waals surface area contributed by atoms with Gasteiger partial charge in [-0.1, -0.05) is 103 Å². The zero-order chi connectivity index (χ0) is 23.3. The first-order chi connectivity index (χ1) is 16.7. The maximum absolute atomic E-state index is 9.76. The third kappa shape index (κ3) is 4.51. The molecule has 0 aliphatic rings. The zero-order valence-corrected chi connectivity index (χ0v) is 18.6. The first-order valence-electron chi connectivity index (χ1n) is 11.3. The third-order valence-corrected chi connectivity index (χ3v) is 5.89. The molecule has 34 heavy (non-hydrogen) atoms. The van der Waals surface area contributed by atoms with E-state index in [-0.39, 0.29) is 0 Å². The van der Waals surface area contributed by atoms with Gasteiger partial charge >= 0.3 is 7.12 Å². The standard InChI is InChI=1S/C30H24BNO2/c33-31(34)26-12-9-15-28(22-26)32(27-13-5-2-6-14-27)30-17-8-7-16-29(30)25-20-18-24(19-21-25)23-10-3-1-4-11-23/h1-22,33-34H. The third-order valence-electron chi connectivity index (χ3n) is 5.89. The van der Waals surface area contributed by atoms with Crippen LogP contribution in [0.3, 0.4) is 0 Å². The van der Waals surface area contributed by atoms with Crippen molar-refractivity contribution in [1.82, 2.24) is 0 Å². The Kier molecular flexibility index (Phi) is 6.26. The largest absolute Gasteiger partial charge is 0.488 e. The normalized spacial score (nSPS) is 10.6. The fourth-order valence-electron chi connectivity index (χ4n) is 4.21. The van der Waals surface area contributed by atoms with Gasteiger partial charge in [0.1, 0.15) is 0 Å². The molecule has 3 nitrogen and oxygen atoms in total. The van der Waals surface area contributed by atoms with E-state index in [0.717, 1.165) is 28.2 Å². The number of para-hydroxylation sites is 2. The number of rotatable bonds is 6. The molecular formula is C30H24BNO2. The molecule has 5 aromatic rings. The van der Waals surface area contributed by atoms with E-state index in [4.69, 9.17) is 0 Å². The van der Waals surface area contributed by atoms with Crippen LogP contribution in [0, 0.1) is 0 Å². The van der Waals surface area contributed by atoms with Crippen molar-refractivity contribution in [1.29, 1.82) is 0 Å². The number of hydrogen-bond donors (Lipinski definition) is 2. The maximum Gasteiger partial charge on any atom is 0.488 e. The SMILES string of the molecule is OB(O)c1cccc(N(c2ccccc2)c2ccccc2-c2ccc(-c3ccccc3)cc2)c1. The Bertz CT molecular complexity index is 1370. The first kappa shape index (κ1) is 21.7. The molecule has 0 amide bonds. The number of nitrogens with zero attached hydrogens (tertiary/aromatic N) is 1. The van der Waals surface area contributed by atoms with Crippen LogP contribution in [0.1, 0.15) is 0 Å². The van der Waals surface area contributed by atoms with Crippen molar-refractivity contribution >= 4 is 29.6 Å². The van der Waals surface area contributed by atoms with Crippen molar-refractivity contribution in [3.05, 3.63) is 133 Å². The minimum Gasteiger partial charge on any atom is -0.423 e. The van der Waals surface area contributed by atoms with Gasteiger partial charge in [0, 0.05) is 16.9 Å². The van der Waals surface area contributed by atoms with Crippen LogP contribution in [0.15, 0.2) is 133 Å². The number of hydrogen-bond acceptors (Lipinski definition) is 3. The monoisotopic (exact) mass is 441 g/mol. The Morgan fingerprint density at radius 2 is 1.03 bits per heavy atom. The lowest BCUT2D eigenvalue weighted by molar-refractivity contribution is 0.426. The highest BCUT2D eigenvalue weighted by atomic mass is 16.4. The van der Waals surface area contributed by atoms with E-state index in [9.17, 15) is 10.0 Å². The van der Waals surface area contributed by atoms with Crippen molar-refractivity contribution in [2.45, 2.75) is 0 Å². The van der Waals surface area contributed by atoms with Crippen LogP contribution in [0.4, 0.5) is 17.1 Å². The van der Waals surface area contributed by atoms with E-state index in [0.29, 0.717) is 5.46 Å². The summed E-state index contributed by atoms with van der Waals surface area (Å²) in [6.45, 7) is 0. The van der Waals surface area contributed by atoms with E-state index >= 15 is 0 Å². The second-order valence-corrected chi connectivity index (χ2v) is 8.10. The minimum absolute atomic E-state index is 0.447. The molecule has 0 saturated heterocycles. The number of anilines is 3. The quantitative estimate of drug-likeness (QED) is 0.310. The second-order valence-electron chi connectivity index (χ2n) is 8.10. The zero-order valence-electron chi connectivity index (χ0n) is 18.6. The highest BCUT2D eigenvalue weighted by molar-refractivity contribution is 6.58. The van der Waals surface area contributed by atoms with Crippen LogP contribution in [-0.4, -0.2) is 17.2 Å². The van der Waals surface area contributed by atoms with Crippen molar-refractivity contribution in [3.63, 3.8) is 0 Å². The molecular weight excluding hydrogens is 417 g/mol. The van der Waals surface area contributed by atoms with Gasteiger partial charge in [-0.2, -0.15) is 0 Å². The molecule has 0 spiro atoms. The summed E-state index contributed by atoms with van der Waals surface area (Å²) in [5.74, 6) is 0. The van der Waals surface area contributed by atoms with E-state index in [1.54, 1.807) is 6.07 Å². The van der Waals surface area contributed by atoms with Gasteiger partial charge in [0.2, 0.25) is 0 Å². The molecule has 0 unspecified atom stereocenters. The van der Waals surface area contributed by atoms with Crippen LogP contribution >= 0.6 is 0 Å². The lowest BCUT2D eigenvalue weighted by Gasteiger charge is -2.28. The summed E-state index contributed by atoms with van der Waals surface area (Å²) in [4.78, 5) is 2.15. The first-order valence-corrected chi connectivity index (χ1v) is 11.3. The molecule has 4 heteroatoms. The van der Waals surface area contributed by atoms with E-state index < -0.39 is 7.12 Å². The summed E-state index contributed by atoms with van der Waals surface area (Å²) in [6, 6.07) is 44.7. The van der Waals surface area contributed by atoms with E-state index in [1.165, 1.54) is 11.1 Å². The Balaban J connectivity index is 1.62. The summed E-state index contributed by atoms with van der Waals surface area (Å²) < 4.78 is 0. The predicted molar refractivity (Wildman–Crippen MR) is 142 cm³/mol.